The van der Waals surface area contributed by atoms with Crippen LogP contribution in [0.2, 0.25) is 0 Å². The smallest absolute Gasteiger partial charge is 0.250 e. The fourth-order valence-electron chi connectivity index (χ4n) is 2.57. The first kappa shape index (κ1) is 18.4. The molecule has 0 atom stereocenters. The highest BCUT2D eigenvalue weighted by Gasteiger charge is 2.05. The first-order chi connectivity index (χ1) is 13.0. The summed E-state index contributed by atoms with van der Waals surface area (Å²) in [7, 11) is 1.60. The van der Waals surface area contributed by atoms with E-state index in [9.17, 15) is 9.90 Å². The molecule has 5 nitrogen and oxygen atoms in total. The number of aromatic hydroxyl groups is 1. The van der Waals surface area contributed by atoms with E-state index in [0.717, 1.165) is 27.8 Å². The third kappa shape index (κ3) is 4.83. The minimum Gasteiger partial charge on any atom is -0.508 e. The molecule has 0 heterocycles. The van der Waals surface area contributed by atoms with Crippen molar-refractivity contribution >= 4 is 45.8 Å². The summed E-state index contributed by atoms with van der Waals surface area (Å²) in [5.74, 6) is 0.616. The zero-order valence-electron chi connectivity index (χ0n) is 14.6. The van der Waals surface area contributed by atoms with E-state index < -0.39 is 0 Å². The van der Waals surface area contributed by atoms with Crippen molar-refractivity contribution in [3.05, 3.63) is 72.3 Å². The molecule has 136 valence electrons. The minimum absolute atomic E-state index is 0.194. The van der Waals surface area contributed by atoms with Gasteiger partial charge in [-0.15, -0.1) is 0 Å². The lowest BCUT2D eigenvalue weighted by Crippen LogP contribution is -2.32. The number of phenolic OH excluding ortho intramolecular Hbond substituents is 1. The standard InChI is InChI=1S/C21H18N2O3S/c1-26-17-9-5-14(6-10-17)7-12-20(25)23-21(27)22-19-4-2-3-15-13-16(24)8-11-18(15)19/h2-13,24H,1H3,(H2,22,23,25,27). The van der Waals surface area contributed by atoms with Crippen LogP contribution in [-0.4, -0.2) is 23.2 Å². The molecule has 0 bridgehead atoms. The Morgan fingerprint density at radius 3 is 2.63 bits per heavy atom. The number of benzene rings is 3. The molecular formula is C21H18N2O3S. The molecule has 0 unspecified atom stereocenters. The van der Waals surface area contributed by atoms with Crippen molar-refractivity contribution in [3.63, 3.8) is 0 Å². The highest BCUT2D eigenvalue weighted by atomic mass is 32.1. The SMILES string of the molecule is COc1ccc(C=CC(=O)NC(=S)Nc2cccc3cc(O)ccc23)cc1. The van der Waals surface area contributed by atoms with E-state index in [2.05, 4.69) is 10.6 Å². The molecular weight excluding hydrogens is 360 g/mol. The van der Waals surface area contributed by atoms with E-state index in [1.54, 1.807) is 31.4 Å². The van der Waals surface area contributed by atoms with Gasteiger partial charge < -0.3 is 15.2 Å². The lowest BCUT2D eigenvalue weighted by atomic mass is 10.1. The number of amides is 1. The monoisotopic (exact) mass is 378 g/mol. The molecule has 3 aromatic carbocycles. The lowest BCUT2D eigenvalue weighted by Gasteiger charge is -2.11. The number of carbonyl (C=O) groups excluding carboxylic acids is 1. The Bertz CT molecular complexity index is 1010. The average molecular weight is 378 g/mol. The summed E-state index contributed by atoms with van der Waals surface area (Å²) in [4.78, 5) is 12.1. The number of rotatable bonds is 4. The first-order valence-corrected chi connectivity index (χ1v) is 8.62. The Morgan fingerprint density at radius 1 is 1.11 bits per heavy atom. The second kappa shape index (κ2) is 8.33. The van der Waals surface area contributed by atoms with Gasteiger partial charge in [0.2, 0.25) is 5.91 Å². The molecule has 0 fully saturated rings. The van der Waals surface area contributed by atoms with E-state index >= 15 is 0 Å². The molecule has 0 saturated carbocycles. The topological polar surface area (TPSA) is 70.6 Å². The van der Waals surface area contributed by atoms with Gasteiger partial charge in [0, 0.05) is 17.1 Å². The average Bonchev–Trinajstić information content (AvgIpc) is 2.66. The molecule has 6 heteroatoms. The van der Waals surface area contributed by atoms with Gasteiger partial charge in [-0.3, -0.25) is 10.1 Å². The van der Waals surface area contributed by atoms with E-state index in [-0.39, 0.29) is 16.8 Å². The molecule has 3 N–H and O–H groups in total. The quantitative estimate of drug-likeness (QED) is 0.471. The van der Waals surface area contributed by atoms with Gasteiger partial charge in [-0.25, -0.2) is 0 Å². The number of hydrogen-bond acceptors (Lipinski definition) is 4. The van der Waals surface area contributed by atoms with Gasteiger partial charge in [0.25, 0.3) is 0 Å². The Morgan fingerprint density at radius 2 is 1.89 bits per heavy atom. The van der Waals surface area contributed by atoms with Gasteiger partial charge in [-0.2, -0.15) is 0 Å². The predicted octanol–water partition coefficient (Wildman–Crippen LogP) is 4.08. The van der Waals surface area contributed by atoms with Gasteiger partial charge >= 0.3 is 0 Å². The molecule has 0 aliphatic heterocycles. The Labute approximate surface area is 162 Å². The Kier molecular flexibility index (Phi) is 5.68. The van der Waals surface area contributed by atoms with E-state index in [0.29, 0.717) is 0 Å². The lowest BCUT2D eigenvalue weighted by molar-refractivity contribution is -0.115. The Balaban J connectivity index is 1.63. The Hall–Kier alpha value is -3.38. The third-order valence-electron chi connectivity index (χ3n) is 3.89. The fourth-order valence-corrected chi connectivity index (χ4v) is 2.78. The second-order valence-corrected chi connectivity index (χ2v) is 6.17. The van der Waals surface area contributed by atoms with Gasteiger partial charge in [0.15, 0.2) is 5.11 Å². The van der Waals surface area contributed by atoms with Crippen LogP contribution < -0.4 is 15.4 Å². The molecule has 3 rings (SSSR count). The van der Waals surface area contributed by atoms with Crippen molar-refractivity contribution in [1.82, 2.24) is 5.32 Å². The normalized spacial score (nSPS) is 10.7. The number of nitrogens with one attached hydrogen (secondary N) is 2. The molecule has 0 saturated heterocycles. The number of phenols is 1. The van der Waals surface area contributed by atoms with Crippen LogP contribution >= 0.6 is 12.2 Å². The van der Waals surface area contributed by atoms with Crippen LogP contribution in [0, 0.1) is 0 Å². The van der Waals surface area contributed by atoms with Crippen molar-refractivity contribution in [2.75, 3.05) is 12.4 Å². The molecule has 0 aliphatic carbocycles. The fraction of sp³-hybridized carbons (Fsp3) is 0.0476. The maximum atomic E-state index is 12.1. The summed E-state index contributed by atoms with van der Waals surface area (Å²) in [6.07, 6.45) is 3.11. The molecule has 0 aromatic heterocycles. The second-order valence-electron chi connectivity index (χ2n) is 5.76. The first-order valence-electron chi connectivity index (χ1n) is 8.21. The van der Waals surface area contributed by atoms with Crippen LogP contribution in [0.5, 0.6) is 11.5 Å². The predicted molar refractivity (Wildman–Crippen MR) is 112 cm³/mol. The van der Waals surface area contributed by atoms with Gasteiger partial charge in [-0.05, 0) is 65.6 Å². The highest BCUT2D eigenvalue weighted by Crippen LogP contribution is 2.26. The van der Waals surface area contributed by atoms with Crippen molar-refractivity contribution in [2.45, 2.75) is 0 Å². The number of fused-ring (bicyclic) bond motifs is 1. The van der Waals surface area contributed by atoms with Crippen LogP contribution in [0.3, 0.4) is 0 Å². The summed E-state index contributed by atoms with van der Waals surface area (Å²) in [5.41, 5.74) is 1.62. The van der Waals surface area contributed by atoms with Gasteiger partial charge in [0.05, 0.1) is 7.11 Å². The third-order valence-corrected chi connectivity index (χ3v) is 4.10. The maximum absolute atomic E-state index is 12.1. The minimum atomic E-state index is -0.332. The van der Waals surface area contributed by atoms with Crippen molar-refractivity contribution in [1.29, 1.82) is 0 Å². The summed E-state index contributed by atoms with van der Waals surface area (Å²) >= 11 is 5.22. The van der Waals surface area contributed by atoms with Gasteiger partial charge in [0.1, 0.15) is 11.5 Å². The number of carbonyl (C=O) groups is 1. The molecule has 1 amide bonds. The number of ether oxygens (including phenoxy) is 1. The number of thiocarbonyl (C=S) groups is 1. The molecule has 0 radical (unpaired) electrons. The van der Waals surface area contributed by atoms with Crippen LogP contribution in [0.1, 0.15) is 5.56 Å². The van der Waals surface area contributed by atoms with Crippen molar-refractivity contribution < 1.29 is 14.6 Å². The summed E-state index contributed by atoms with van der Waals surface area (Å²) < 4.78 is 5.10. The number of hydrogen-bond donors (Lipinski definition) is 3. The van der Waals surface area contributed by atoms with Crippen molar-refractivity contribution in [2.24, 2.45) is 0 Å². The van der Waals surface area contributed by atoms with E-state index in [1.807, 2.05) is 42.5 Å². The zero-order chi connectivity index (χ0) is 19.2. The number of anilines is 1. The molecule has 0 spiro atoms. The van der Waals surface area contributed by atoms with Crippen molar-refractivity contribution in [3.8, 4) is 11.5 Å². The van der Waals surface area contributed by atoms with Crippen LogP contribution in [0.15, 0.2) is 66.7 Å². The van der Waals surface area contributed by atoms with Crippen LogP contribution in [-0.2, 0) is 4.79 Å². The van der Waals surface area contributed by atoms with Crippen LogP contribution in [0.4, 0.5) is 5.69 Å². The largest absolute Gasteiger partial charge is 0.508 e. The number of methoxy groups -OCH3 is 1. The van der Waals surface area contributed by atoms with E-state index in [4.69, 9.17) is 17.0 Å². The summed E-state index contributed by atoms with van der Waals surface area (Å²) in [6, 6.07) is 18.0. The van der Waals surface area contributed by atoms with E-state index in [1.165, 1.54) is 6.08 Å². The summed E-state index contributed by atoms with van der Waals surface area (Å²) in [5, 5.41) is 17.2. The molecule has 27 heavy (non-hydrogen) atoms. The highest BCUT2D eigenvalue weighted by molar-refractivity contribution is 7.80. The molecule has 3 aromatic rings. The van der Waals surface area contributed by atoms with Crippen LogP contribution in [0.25, 0.3) is 16.8 Å². The summed E-state index contributed by atoms with van der Waals surface area (Å²) in [6.45, 7) is 0. The zero-order valence-corrected chi connectivity index (χ0v) is 15.4. The maximum Gasteiger partial charge on any atom is 0.250 e. The molecule has 0 aliphatic rings. The van der Waals surface area contributed by atoms with Gasteiger partial charge in [-0.1, -0.05) is 24.3 Å².